The normalized spacial score (nSPS) is 10.4. The van der Waals surface area contributed by atoms with Crippen LogP contribution in [0.25, 0.3) is 0 Å². The molecule has 0 aliphatic rings. The number of carbonyl (C=O) groups excluding carboxylic acids is 1. The van der Waals surface area contributed by atoms with E-state index < -0.39 is 0 Å². The molecule has 0 unspecified atom stereocenters. The molecule has 15 heavy (non-hydrogen) atoms. The van der Waals surface area contributed by atoms with Crippen LogP contribution in [0.4, 0.5) is 0 Å². The van der Waals surface area contributed by atoms with Crippen LogP contribution in [0.1, 0.15) is 19.4 Å². The highest BCUT2D eigenvalue weighted by atomic mass is 16.2. The van der Waals surface area contributed by atoms with E-state index in [1.54, 1.807) is 4.90 Å². The van der Waals surface area contributed by atoms with Gasteiger partial charge in [-0.2, -0.15) is 0 Å². The van der Waals surface area contributed by atoms with E-state index in [4.69, 9.17) is 5.73 Å². The van der Waals surface area contributed by atoms with Gasteiger partial charge in [0.05, 0.1) is 6.54 Å². The molecule has 0 saturated heterocycles. The largest absolute Gasteiger partial charge is 0.335 e. The van der Waals surface area contributed by atoms with Crippen LogP contribution in [-0.2, 0) is 11.3 Å². The summed E-state index contributed by atoms with van der Waals surface area (Å²) >= 11 is 0. The van der Waals surface area contributed by atoms with Gasteiger partial charge >= 0.3 is 0 Å². The number of amides is 1. The molecular weight excluding hydrogens is 188 g/mol. The quantitative estimate of drug-likeness (QED) is 0.809. The molecule has 0 spiro atoms. The number of rotatable bonds is 4. The van der Waals surface area contributed by atoms with E-state index in [0.29, 0.717) is 6.54 Å². The fraction of sp³-hybridized carbons (Fsp3) is 0.417. The van der Waals surface area contributed by atoms with E-state index >= 15 is 0 Å². The smallest absolute Gasteiger partial charge is 0.236 e. The van der Waals surface area contributed by atoms with Crippen molar-refractivity contribution >= 4 is 5.91 Å². The molecule has 3 nitrogen and oxygen atoms in total. The van der Waals surface area contributed by atoms with Crippen molar-refractivity contribution in [2.24, 2.45) is 5.73 Å². The van der Waals surface area contributed by atoms with E-state index in [1.807, 2.05) is 44.2 Å². The van der Waals surface area contributed by atoms with Crippen LogP contribution >= 0.6 is 0 Å². The summed E-state index contributed by atoms with van der Waals surface area (Å²) in [6.45, 7) is 4.70. The summed E-state index contributed by atoms with van der Waals surface area (Å²) in [5, 5.41) is 0. The zero-order valence-electron chi connectivity index (χ0n) is 9.31. The van der Waals surface area contributed by atoms with E-state index in [9.17, 15) is 4.79 Å². The molecular formula is C12H18N2O. The van der Waals surface area contributed by atoms with Gasteiger partial charge in [0.25, 0.3) is 0 Å². The molecule has 0 aliphatic heterocycles. The van der Waals surface area contributed by atoms with E-state index in [2.05, 4.69) is 0 Å². The van der Waals surface area contributed by atoms with E-state index in [1.165, 1.54) is 0 Å². The molecule has 1 amide bonds. The van der Waals surface area contributed by atoms with Gasteiger partial charge in [-0.3, -0.25) is 4.79 Å². The molecule has 82 valence electrons. The lowest BCUT2D eigenvalue weighted by Crippen LogP contribution is -2.40. The maximum Gasteiger partial charge on any atom is 0.236 e. The third-order valence-corrected chi connectivity index (χ3v) is 2.31. The van der Waals surface area contributed by atoms with Crippen molar-refractivity contribution in [3.05, 3.63) is 35.9 Å². The summed E-state index contributed by atoms with van der Waals surface area (Å²) in [6.07, 6.45) is 0. The van der Waals surface area contributed by atoms with Crippen molar-refractivity contribution in [2.75, 3.05) is 6.54 Å². The molecule has 0 heterocycles. The predicted molar refractivity (Wildman–Crippen MR) is 61.2 cm³/mol. The highest BCUT2D eigenvalue weighted by molar-refractivity contribution is 5.78. The van der Waals surface area contributed by atoms with Gasteiger partial charge in [-0.25, -0.2) is 0 Å². The van der Waals surface area contributed by atoms with Crippen LogP contribution in [0, 0.1) is 0 Å². The summed E-state index contributed by atoms with van der Waals surface area (Å²) in [7, 11) is 0. The molecule has 1 aromatic rings. The van der Waals surface area contributed by atoms with Gasteiger partial charge in [0.1, 0.15) is 0 Å². The van der Waals surface area contributed by atoms with Crippen molar-refractivity contribution in [1.29, 1.82) is 0 Å². The minimum absolute atomic E-state index is 0.00569. The zero-order valence-corrected chi connectivity index (χ0v) is 9.31. The Labute approximate surface area is 90.9 Å². The maximum atomic E-state index is 11.6. The molecule has 0 bridgehead atoms. The Hall–Kier alpha value is -1.35. The summed E-state index contributed by atoms with van der Waals surface area (Å²) < 4.78 is 0. The lowest BCUT2D eigenvalue weighted by atomic mass is 10.2. The topological polar surface area (TPSA) is 46.3 Å². The number of benzene rings is 1. The Morgan fingerprint density at radius 2 is 1.93 bits per heavy atom. The number of nitrogens with two attached hydrogens (primary N) is 1. The van der Waals surface area contributed by atoms with Crippen molar-refractivity contribution in [2.45, 2.75) is 26.4 Å². The first-order valence-electron chi connectivity index (χ1n) is 5.18. The molecule has 0 radical (unpaired) electrons. The first kappa shape index (κ1) is 11.7. The van der Waals surface area contributed by atoms with Gasteiger partial charge in [-0.1, -0.05) is 30.3 Å². The molecule has 0 fully saturated rings. The standard InChI is InChI=1S/C12H18N2O/c1-10(2)14(12(15)8-13)9-11-6-4-3-5-7-11/h3-7,10H,8-9,13H2,1-2H3. The van der Waals surface area contributed by atoms with Crippen LogP contribution in [0.5, 0.6) is 0 Å². The molecule has 1 aromatic carbocycles. The second-order valence-corrected chi connectivity index (χ2v) is 3.81. The first-order chi connectivity index (χ1) is 7.15. The minimum atomic E-state index is -0.00569. The SMILES string of the molecule is CC(C)N(Cc1ccccc1)C(=O)CN. The number of carbonyl (C=O) groups is 1. The first-order valence-corrected chi connectivity index (χ1v) is 5.18. The Balaban J connectivity index is 2.72. The highest BCUT2D eigenvalue weighted by Crippen LogP contribution is 2.07. The molecule has 2 N–H and O–H groups in total. The minimum Gasteiger partial charge on any atom is -0.335 e. The summed E-state index contributed by atoms with van der Waals surface area (Å²) in [6, 6.07) is 10.1. The van der Waals surface area contributed by atoms with E-state index in [0.717, 1.165) is 5.56 Å². The van der Waals surface area contributed by atoms with Crippen molar-refractivity contribution in [1.82, 2.24) is 4.90 Å². The lowest BCUT2D eigenvalue weighted by Gasteiger charge is -2.26. The lowest BCUT2D eigenvalue weighted by molar-refractivity contribution is -0.132. The second-order valence-electron chi connectivity index (χ2n) is 3.81. The molecule has 1 rings (SSSR count). The third-order valence-electron chi connectivity index (χ3n) is 2.31. The van der Waals surface area contributed by atoms with Crippen LogP contribution in [0.15, 0.2) is 30.3 Å². The predicted octanol–water partition coefficient (Wildman–Crippen LogP) is 1.38. The van der Waals surface area contributed by atoms with Crippen molar-refractivity contribution < 1.29 is 4.79 Å². The van der Waals surface area contributed by atoms with E-state index in [-0.39, 0.29) is 18.5 Å². The third kappa shape index (κ3) is 3.36. The monoisotopic (exact) mass is 206 g/mol. The van der Waals surface area contributed by atoms with Crippen molar-refractivity contribution in [3.8, 4) is 0 Å². The highest BCUT2D eigenvalue weighted by Gasteiger charge is 2.15. The van der Waals surface area contributed by atoms with Gasteiger partial charge in [-0.15, -0.1) is 0 Å². The van der Waals surface area contributed by atoms with Gasteiger partial charge in [0.2, 0.25) is 5.91 Å². The average Bonchev–Trinajstić information content (AvgIpc) is 2.26. The van der Waals surface area contributed by atoms with Crippen molar-refractivity contribution in [3.63, 3.8) is 0 Å². The Morgan fingerprint density at radius 3 is 2.40 bits per heavy atom. The summed E-state index contributed by atoms with van der Waals surface area (Å²) in [5.41, 5.74) is 6.51. The Morgan fingerprint density at radius 1 is 1.33 bits per heavy atom. The summed E-state index contributed by atoms with van der Waals surface area (Å²) in [5.74, 6) is -0.00569. The molecule has 3 heteroatoms. The number of nitrogens with zero attached hydrogens (tertiary/aromatic N) is 1. The summed E-state index contributed by atoms with van der Waals surface area (Å²) in [4.78, 5) is 13.3. The number of hydrogen-bond donors (Lipinski definition) is 1. The zero-order chi connectivity index (χ0) is 11.3. The Kier molecular flexibility index (Phi) is 4.31. The molecule has 0 atom stereocenters. The Bertz CT molecular complexity index is 309. The molecule has 0 saturated carbocycles. The van der Waals surface area contributed by atoms with Gasteiger partial charge in [0, 0.05) is 12.6 Å². The van der Waals surface area contributed by atoms with Crippen LogP contribution in [-0.4, -0.2) is 23.4 Å². The fourth-order valence-corrected chi connectivity index (χ4v) is 1.46. The number of hydrogen-bond acceptors (Lipinski definition) is 2. The molecule has 0 aliphatic carbocycles. The van der Waals surface area contributed by atoms with Gasteiger partial charge in [0.15, 0.2) is 0 Å². The molecule has 0 aromatic heterocycles. The van der Waals surface area contributed by atoms with Crippen LogP contribution in [0.3, 0.4) is 0 Å². The van der Waals surface area contributed by atoms with Crippen LogP contribution in [0.2, 0.25) is 0 Å². The van der Waals surface area contributed by atoms with Crippen LogP contribution < -0.4 is 5.73 Å². The van der Waals surface area contributed by atoms with Gasteiger partial charge < -0.3 is 10.6 Å². The maximum absolute atomic E-state index is 11.6. The second kappa shape index (κ2) is 5.51. The van der Waals surface area contributed by atoms with Gasteiger partial charge in [-0.05, 0) is 19.4 Å². The fourth-order valence-electron chi connectivity index (χ4n) is 1.46. The average molecular weight is 206 g/mol.